The van der Waals surface area contributed by atoms with Crippen LogP contribution in [0.15, 0.2) is 29.2 Å². The highest BCUT2D eigenvalue weighted by Gasteiger charge is 2.12. The maximum Gasteiger partial charge on any atom is 0.240 e. The van der Waals surface area contributed by atoms with Crippen molar-refractivity contribution in [3.05, 3.63) is 24.3 Å². The Balaban J connectivity index is 2.80. The van der Waals surface area contributed by atoms with Crippen molar-refractivity contribution < 1.29 is 13.2 Å². The van der Waals surface area contributed by atoms with Crippen molar-refractivity contribution in [2.45, 2.75) is 17.7 Å². The molecular weight excluding hydrogens is 276 g/mol. The first-order valence-corrected chi connectivity index (χ1v) is 7.41. The van der Waals surface area contributed by atoms with Gasteiger partial charge >= 0.3 is 0 Å². The molecule has 2 N–H and O–H groups in total. The average Bonchev–Trinajstić information content (AvgIpc) is 2.36. The van der Waals surface area contributed by atoms with Crippen molar-refractivity contribution in [2.75, 3.05) is 18.2 Å². The molecule has 0 aromatic heterocycles. The topological polar surface area (TPSA) is 75.3 Å². The van der Waals surface area contributed by atoms with Gasteiger partial charge in [-0.15, -0.1) is 11.6 Å². The van der Waals surface area contributed by atoms with Gasteiger partial charge in [-0.3, -0.25) is 4.79 Å². The number of nitrogens with one attached hydrogen (secondary N) is 2. The Kier molecular flexibility index (Phi) is 5.58. The van der Waals surface area contributed by atoms with Gasteiger partial charge in [-0.1, -0.05) is 6.07 Å². The molecule has 1 aromatic carbocycles. The summed E-state index contributed by atoms with van der Waals surface area (Å²) in [6.07, 6.45) is 0.897. The van der Waals surface area contributed by atoms with Crippen LogP contribution in [0.1, 0.15) is 12.8 Å². The third kappa shape index (κ3) is 4.29. The summed E-state index contributed by atoms with van der Waals surface area (Å²) in [5.74, 6) is 0.233. The fourth-order valence-corrected chi connectivity index (χ4v) is 2.22. The van der Waals surface area contributed by atoms with E-state index in [1.165, 1.54) is 19.2 Å². The van der Waals surface area contributed by atoms with Gasteiger partial charge in [0.05, 0.1) is 4.90 Å². The van der Waals surface area contributed by atoms with Crippen LogP contribution in [0.25, 0.3) is 0 Å². The smallest absolute Gasteiger partial charge is 0.240 e. The monoisotopic (exact) mass is 290 g/mol. The predicted octanol–water partition coefficient (Wildman–Crippen LogP) is 1.55. The molecule has 0 aliphatic rings. The molecule has 0 atom stereocenters. The highest BCUT2D eigenvalue weighted by atomic mass is 35.5. The Bertz CT molecular complexity index is 517. The summed E-state index contributed by atoms with van der Waals surface area (Å²) in [6, 6.07) is 6.07. The number of hydrogen-bond acceptors (Lipinski definition) is 3. The number of anilines is 1. The number of sulfonamides is 1. The molecule has 0 bridgehead atoms. The minimum atomic E-state index is -3.50. The van der Waals surface area contributed by atoms with Crippen LogP contribution in [-0.2, 0) is 14.8 Å². The fraction of sp³-hybridized carbons (Fsp3) is 0.364. The zero-order valence-electron chi connectivity index (χ0n) is 9.94. The minimum absolute atomic E-state index is 0.111. The molecule has 0 heterocycles. The molecule has 0 radical (unpaired) electrons. The molecule has 0 saturated heterocycles. The number of rotatable bonds is 6. The van der Waals surface area contributed by atoms with Gasteiger partial charge < -0.3 is 5.32 Å². The third-order valence-corrected chi connectivity index (χ3v) is 3.91. The van der Waals surface area contributed by atoms with Crippen molar-refractivity contribution >= 4 is 33.2 Å². The highest BCUT2D eigenvalue weighted by molar-refractivity contribution is 7.89. The normalized spacial score (nSPS) is 11.2. The van der Waals surface area contributed by atoms with E-state index in [9.17, 15) is 13.2 Å². The van der Waals surface area contributed by atoms with Crippen LogP contribution < -0.4 is 10.0 Å². The second-order valence-corrected chi connectivity index (χ2v) is 5.84. The Morgan fingerprint density at radius 3 is 2.72 bits per heavy atom. The van der Waals surface area contributed by atoms with Crippen LogP contribution in [0.5, 0.6) is 0 Å². The van der Waals surface area contributed by atoms with Gasteiger partial charge in [0.25, 0.3) is 0 Å². The Morgan fingerprint density at radius 2 is 2.11 bits per heavy atom. The van der Waals surface area contributed by atoms with Crippen LogP contribution in [0.4, 0.5) is 5.69 Å². The first-order valence-electron chi connectivity index (χ1n) is 5.39. The fourth-order valence-electron chi connectivity index (χ4n) is 1.31. The molecule has 1 rings (SSSR count). The van der Waals surface area contributed by atoms with Crippen LogP contribution in [0.3, 0.4) is 0 Å². The second-order valence-electron chi connectivity index (χ2n) is 3.58. The van der Waals surface area contributed by atoms with E-state index < -0.39 is 10.0 Å². The van der Waals surface area contributed by atoms with E-state index in [0.717, 1.165) is 0 Å². The van der Waals surface area contributed by atoms with E-state index in [0.29, 0.717) is 24.4 Å². The molecule has 18 heavy (non-hydrogen) atoms. The molecule has 100 valence electrons. The van der Waals surface area contributed by atoms with Crippen LogP contribution >= 0.6 is 11.6 Å². The molecule has 5 nitrogen and oxygen atoms in total. The van der Waals surface area contributed by atoms with E-state index in [1.54, 1.807) is 12.1 Å². The summed E-state index contributed by atoms with van der Waals surface area (Å²) >= 11 is 5.48. The van der Waals surface area contributed by atoms with Crippen molar-refractivity contribution in [1.82, 2.24) is 4.72 Å². The van der Waals surface area contributed by atoms with Crippen LogP contribution in [-0.4, -0.2) is 27.3 Å². The summed E-state index contributed by atoms with van der Waals surface area (Å²) < 4.78 is 25.4. The van der Waals surface area contributed by atoms with Crippen LogP contribution in [0.2, 0.25) is 0 Å². The van der Waals surface area contributed by atoms with E-state index in [-0.39, 0.29) is 10.8 Å². The molecule has 0 saturated carbocycles. The number of carbonyl (C=O) groups is 1. The van der Waals surface area contributed by atoms with Crippen molar-refractivity contribution in [3.8, 4) is 0 Å². The lowest BCUT2D eigenvalue weighted by Gasteiger charge is -2.07. The lowest BCUT2D eigenvalue weighted by molar-refractivity contribution is -0.116. The Morgan fingerprint density at radius 1 is 1.39 bits per heavy atom. The van der Waals surface area contributed by atoms with E-state index in [4.69, 9.17) is 11.6 Å². The van der Waals surface area contributed by atoms with Gasteiger partial charge in [-0.25, -0.2) is 13.1 Å². The number of hydrogen-bond donors (Lipinski definition) is 2. The first-order chi connectivity index (χ1) is 8.49. The molecule has 0 aliphatic heterocycles. The van der Waals surface area contributed by atoms with Gasteiger partial charge in [0.2, 0.25) is 15.9 Å². The predicted molar refractivity (Wildman–Crippen MR) is 71.3 cm³/mol. The lowest BCUT2D eigenvalue weighted by atomic mass is 10.3. The summed E-state index contributed by atoms with van der Waals surface area (Å²) in [7, 11) is -2.16. The quantitative estimate of drug-likeness (QED) is 0.781. The molecule has 0 spiro atoms. The lowest BCUT2D eigenvalue weighted by Crippen LogP contribution is -2.19. The van der Waals surface area contributed by atoms with E-state index in [1.807, 2.05) is 0 Å². The highest BCUT2D eigenvalue weighted by Crippen LogP contribution is 2.15. The van der Waals surface area contributed by atoms with Gasteiger partial charge in [0.15, 0.2) is 0 Å². The van der Waals surface area contributed by atoms with Crippen molar-refractivity contribution in [2.24, 2.45) is 0 Å². The van der Waals surface area contributed by atoms with Gasteiger partial charge in [0.1, 0.15) is 0 Å². The third-order valence-electron chi connectivity index (χ3n) is 2.23. The van der Waals surface area contributed by atoms with E-state index >= 15 is 0 Å². The SMILES string of the molecule is CNS(=O)(=O)c1cccc(NC(=O)CCCCl)c1. The van der Waals surface area contributed by atoms with E-state index in [2.05, 4.69) is 10.0 Å². The number of carbonyl (C=O) groups excluding carboxylic acids is 1. The Labute approximate surface area is 112 Å². The number of alkyl halides is 1. The maximum atomic E-state index is 11.6. The van der Waals surface area contributed by atoms with Gasteiger partial charge in [0, 0.05) is 18.0 Å². The summed E-state index contributed by atoms with van der Waals surface area (Å²) in [4.78, 5) is 11.6. The zero-order chi connectivity index (χ0) is 13.6. The van der Waals surface area contributed by atoms with Crippen molar-refractivity contribution in [3.63, 3.8) is 0 Å². The maximum absolute atomic E-state index is 11.6. The van der Waals surface area contributed by atoms with Gasteiger partial charge in [-0.05, 0) is 31.7 Å². The second kappa shape index (κ2) is 6.72. The van der Waals surface area contributed by atoms with Crippen LogP contribution in [0, 0.1) is 0 Å². The Hall–Kier alpha value is -1.11. The molecular formula is C11H15ClN2O3S. The minimum Gasteiger partial charge on any atom is -0.326 e. The number of benzene rings is 1. The molecule has 0 unspecified atom stereocenters. The first kappa shape index (κ1) is 14.9. The molecule has 0 aliphatic carbocycles. The van der Waals surface area contributed by atoms with Gasteiger partial charge in [-0.2, -0.15) is 0 Å². The molecule has 1 amide bonds. The molecule has 7 heteroatoms. The summed E-state index contributed by atoms with van der Waals surface area (Å²) in [6.45, 7) is 0. The largest absolute Gasteiger partial charge is 0.326 e. The zero-order valence-corrected chi connectivity index (χ0v) is 11.5. The summed E-state index contributed by atoms with van der Waals surface area (Å²) in [5, 5.41) is 2.62. The average molecular weight is 291 g/mol. The standard InChI is InChI=1S/C11H15ClN2O3S/c1-13-18(16,17)10-5-2-4-9(8-10)14-11(15)6-3-7-12/h2,4-5,8,13H,3,6-7H2,1H3,(H,14,15). The molecule has 0 fully saturated rings. The summed E-state index contributed by atoms with van der Waals surface area (Å²) in [5.41, 5.74) is 0.450. The molecule has 1 aromatic rings. The number of halogens is 1. The number of amides is 1. The van der Waals surface area contributed by atoms with Crippen molar-refractivity contribution in [1.29, 1.82) is 0 Å².